The Morgan fingerprint density at radius 1 is 1.09 bits per heavy atom. The first kappa shape index (κ1) is 9.05. The van der Waals surface area contributed by atoms with Crippen LogP contribution in [0.4, 0.5) is 0 Å². The molecule has 0 aliphatic carbocycles. The fourth-order valence-electron chi connectivity index (χ4n) is 1.68. The quantitative estimate of drug-likeness (QED) is 0.594. The summed E-state index contributed by atoms with van der Waals surface area (Å²) in [5, 5.41) is 0. The Morgan fingerprint density at radius 3 is 2.27 bits per heavy atom. The summed E-state index contributed by atoms with van der Waals surface area (Å²) in [7, 11) is 0. The molecule has 0 amide bonds. The van der Waals surface area contributed by atoms with Gasteiger partial charge in [0.15, 0.2) is 0 Å². The van der Waals surface area contributed by atoms with Gasteiger partial charge >= 0.3 is 0 Å². The van der Waals surface area contributed by atoms with E-state index >= 15 is 0 Å². The standard InChI is InChI=1S/C10H20O/c1-3-5-7-10-8-9(11-10)6-4-2/h9-10H,3-8H2,1-2H3. The number of ether oxygens (including phenoxy) is 1. The summed E-state index contributed by atoms with van der Waals surface area (Å²) in [5.41, 5.74) is 0. The summed E-state index contributed by atoms with van der Waals surface area (Å²) in [6, 6.07) is 0. The van der Waals surface area contributed by atoms with E-state index in [0.29, 0.717) is 12.2 Å². The smallest absolute Gasteiger partial charge is 0.0603 e. The van der Waals surface area contributed by atoms with Crippen LogP contribution >= 0.6 is 0 Å². The maximum atomic E-state index is 5.68. The molecule has 1 saturated heterocycles. The molecule has 0 aromatic carbocycles. The molecule has 0 N–H and O–H groups in total. The maximum absolute atomic E-state index is 5.68. The monoisotopic (exact) mass is 156 g/mol. The molecule has 0 aromatic rings. The van der Waals surface area contributed by atoms with Crippen LogP contribution < -0.4 is 0 Å². The Hall–Kier alpha value is -0.0400. The first-order valence-electron chi connectivity index (χ1n) is 5.02. The lowest BCUT2D eigenvalue weighted by Crippen LogP contribution is -2.36. The molecule has 1 heterocycles. The lowest BCUT2D eigenvalue weighted by atomic mass is 9.97. The highest BCUT2D eigenvalue weighted by Gasteiger charge is 2.27. The highest BCUT2D eigenvalue weighted by atomic mass is 16.5. The van der Waals surface area contributed by atoms with Gasteiger partial charge in [-0.25, -0.2) is 0 Å². The van der Waals surface area contributed by atoms with Crippen LogP contribution in [-0.2, 0) is 4.74 Å². The zero-order chi connectivity index (χ0) is 8.10. The molecule has 1 aliphatic rings. The van der Waals surface area contributed by atoms with Gasteiger partial charge in [0, 0.05) is 0 Å². The van der Waals surface area contributed by atoms with Crippen LogP contribution in [0, 0.1) is 0 Å². The molecule has 2 atom stereocenters. The summed E-state index contributed by atoms with van der Waals surface area (Å²) in [5.74, 6) is 0. The number of unbranched alkanes of at least 4 members (excludes halogenated alkanes) is 1. The van der Waals surface area contributed by atoms with Gasteiger partial charge in [-0.05, 0) is 19.3 Å². The molecular weight excluding hydrogens is 136 g/mol. The van der Waals surface area contributed by atoms with E-state index in [-0.39, 0.29) is 0 Å². The zero-order valence-corrected chi connectivity index (χ0v) is 7.81. The summed E-state index contributed by atoms with van der Waals surface area (Å²) in [4.78, 5) is 0. The summed E-state index contributed by atoms with van der Waals surface area (Å²) in [6.45, 7) is 4.46. The molecule has 1 nitrogen and oxygen atoms in total. The zero-order valence-electron chi connectivity index (χ0n) is 7.81. The van der Waals surface area contributed by atoms with Crippen LogP contribution in [0.3, 0.4) is 0 Å². The lowest BCUT2D eigenvalue weighted by Gasteiger charge is -2.36. The molecule has 1 fully saturated rings. The fraction of sp³-hybridized carbons (Fsp3) is 1.00. The third-order valence-corrected chi connectivity index (χ3v) is 2.40. The largest absolute Gasteiger partial charge is 0.375 e. The predicted molar refractivity (Wildman–Crippen MR) is 47.7 cm³/mol. The topological polar surface area (TPSA) is 9.23 Å². The Bertz CT molecular complexity index is 95.0. The molecule has 0 aromatic heterocycles. The Labute approximate surface area is 70.1 Å². The van der Waals surface area contributed by atoms with Crippen molar-refractivity contribution in [3.8, 4) is 0 Å². The fourth-order valence-corrected chi connectivity index (χ4v) is 1.68. The molecule has 66 valence electrons. The molecule has 0 radical (unpaired) electrons. The van der Waals surface area contributed by atoms with Crippen molar-refractivity contribution in [1.29, 1.82) is 0 Å². The Balaban J connectivity index is 1.92. The van der Waals surface area contributed by atoms with Crippen molar-refractivity contribution in [3.63, 3.8) is 0 Å². The van der Waals surface area contributed by atoms with Crippen molar-refractivity contribution in [3.05, 3.63) is 0 Å². The minimum Gasteiger partial charge on any atom is -0.375 e. The van der Waals surface area contributed by atoms with Crippen LogP contribution in [0.5, 0.6) is 0 Å². The van der Waals surface area contributed by atoms with E-state index in [1.165, 1.54) is 38.5 Å². The molecule has 2 unspecified atom stereocenters. The normalized spacial score (nSPS) is 30.0. The van der Waals surface area contributed by atoms with Gasteiger partial charge in [-0.2, -0.15) is 0 Å². The van der Waals surface area contributed by atoms with Crippen molar-refractivity contribution in [1.82, 2.24) is 0 Å². The molecule has 11 heavy (non-hydrogen) atoms. The van der Waals surface area contributed by atoms with E-state index in [1.54, 1.807) is 0 Å². The van der Waals surface area contributed by atoms with E-state index in [4.69, 9.17) is 4.74 Å². The predicted octanol–water partition coefficient (Wildman–Crippen LogP) is 3.13. The third-order valence-electron chi connectivity index (χ3n) is 2.40. The summed E-state index contributed by atoms with van der Waals surface area (Å²) < 4.78 is 5.68. The van der Waals surface area contributed by atoms with Gasteiger partial charge in [-0.3, -0.25) is 0 Å². The maximum Gasteiger partial charge on any atom is 0.0603 e. The highest BCUT2D eigenvalue weighted by Crippen LogP contribution is 2.27. The molecular formula is C10H20O. The molecule has 1 heteroatoms. The number of rotatable bonds is 5. The summed E-state index contributed by atoms with van der Waals surface area (Å²) >= 11 is 0. The Morgan fingerprint density at radius 2 is 1.73 bits per heavy atom. The molecule has 1 rings (SSSR count). The highest BCUT2D eigenvalue weighted by molar-refractivity contribution is 4.76. The first-order valence-corrected chi connectivity index (χ1v) is 5.02. The van der Waals surface area contributed by atoms with E-state index in [2.05, 4.69) is 13.8 Å². The average molecular weight is 156 g/mol. The number of hydrogen-bond acceptors (Lipinski definition) is 1. The minimum absolute atomic E-state index is 0.613. The number of hydrogen-bond donors (Lipinski definition) is 0. The lowest BCUT2D eigenvalue weighted by molar-refractivity contribution is -0.130. The second-order valence-electron chi connectivity index (χ2n) is 3.55. The Kier molecular flexibility index (Phi) is 3.92. The first-order chi connectivity index (χ1) is 5.36. The average Bonchev–Trinajstić information content (AvgIpc) is 1.94. The van der Waals surface area contributed by atoms with Crippen LogP contribution in [0.15, 0.2) is 0 Å². The van der Waals surface area contributed by atoms with Crippen molar-refractivity contribution in [2.24, 2.45) is 0 Å². The van der Waals surface area contributed by atoms with Crippen LogP contribution in [0.1, 0.15) is 52.4 Å². The molecule has 0 bridgehead atoms. The third kappa shape index (κ3) is 2.82. The second kappa shape index (κ2) is 4.76. The molecule has 1 aliphatic heterocycles. The van der Waals surface area contributed by atoms with Crippen molar-refractivity contribution < 1.29 is 4.74 Å². The van der Waals surface area contributed by atoms with Gasteiger partial charge in [-0.1, -0.05) is 33.1 Å². The SMILES string of the molecule is CCCCC1CC(CCC)O1. The van der Waals surface area contributed by atoms with Gasteiger partial charge < -0.3 is 4.74 Å². The summed E-state index contributed by atoms with van der Waals surface area (Å²) in [6.07, 6.45) is 9.02. The minimum atomic E-state index is 0.613. The van der Waals surface area contributed by atoms with Crippen LogP contribution in [0.2, 0.25) is 0 Å². The van der Waals surface area contributed by atoms with Crippen molar-refractivity contribution in [2.75, 3.05) is 0 Å². The van der Waals surface area contributed by atoms with Gasteiger partial charge in [0.05, 0.1) is 12.2 Å². The van der Waals surface area contributed by atoms with E-state index in [0.717, 1.165) is 0 Å². The van der Waals surface area contributed by atoms with Crippen molar-refractivity contribution >= 4 is 0 Å². The van der Waals surface area contributed by atoms with Crippen LogP contribution in [0.25, 0.3) is 0 Å². The van der Waals surface area contributed by atoms with E-state index in [9.17, 15) is 0 Å². The van der Waals surface area contributed by atoms with Crippen LogP contribution in [-0.4, -0.2) is 12.2 Å². The van der Waals surface area contributed by atoms with Gasteiger partial charge in [-0.15, -0.1) is 0 Å². The van der Waals surface area contributed by atoms with E-state index < -0.39 is 0 Å². The van der Waals surface area contributed by atoms with Gasteiger partial charge in [0.25, 0.3) is 0 Å². The molecule has 0 spiro atoms. The van der Waals surface area contributed by atoms with Gasteiger partial charge in [0.1, 0.15) is 0 Å². The second-order valence-corrected chi connectivity index (χ2v) is 3.55. The van der Waals surface area contributed by atoms with Crippen molar-refractivity contribution in [2.45, 2.75) is 64.6 Å². The molecule has 0 saturated carbocycles. The van der Waals surface area contributed by atoms with Gasteiger partial charge in [0.2, 0.25) is 0 Å². The van der Waals surface area contributed by atoms with E-state index in [1.807, 2.05) is 0 Å².